The largest absolute Gasteiger partial charge is 0.454 e. The monoisotopic (exact) mass is 348 g/mol. The number of rotatable bonds is 8. The van der Waals surface area contributed by atoms with Gasteiger partial charge in [0.2, 0.25) is 18.6 Å². The van der Waals surface area contributed by atoms with Crippen LogP contribution in [0.3, 0.4) is 0 Å². The summed E-state index contributed by atoms with van der Waals surface area (Å²) >= 11 is 0. The van der Waals surface area contributed by atoms with E-state index in [-0.39, 0.29) is 30.9 Å². The maximum Gasteiger partial charge on any atom is 0.231 e. The van der Waals surface area contributed by atoms with Crippen molar-refractivity contribution in [2.24, 2.45) is 5.92 Å². The molecule has 0 aliphatic carbocycles. The summed E-state index contributed by atoms with van der Waals surface area (Å²) in [5.41, 5.74) is 0.940. The second-order valence-electron chi connectivity index (χ2n) is 6.20. The highest BCUT2D eigenvalue weighted by Gasteiger charge is 2.33. The van der Waals surface area contributed by atoms with Gasteiger partial charge in [-0.25, -0.2) is 0 Å². The normalized spacial score (nSPS) is 18.7. The van der Waals surface area contributed by atoms with Gasteiger partial charge in [-0.1, -0.05) is 6.07 Å². The Hall–Kier alpha value is -2.28. The van der Waals surface area contributed by atoms with E-state index < -0.39 is 0 Å². The lowest BCUT2D eigenvalue weighted by atomic mass is 10.1. The molecule has 0 aromatic heterocycles. The fraction of sp³-hybridized carbons (Fsp3) is 0.556. The highest BCUT2D eigenvalue weighted by Crippen LogP contribution is 2.32. The maximum absolute atomic E-state index is 12.3. The van der Waals surface area contributed by atoms with E-state index in [1.807, 2.05) is 25.1 Å². The van der Waals surface area contributed by atoms with Crippen LogP contribution in [0.5, 0.6) is 11.5 Å². The molecule has 1 aromatic rings. The second-order valence-corrected chi connectivity index (χ2v) is 6.20. The van der Waals surface area contributed by atoms with Crippen molar-refractivity contribution in [1.82, 2.24) is 10.2 Å². The second kappa shape index (κ2) is 8.20. The van der Waals surface area contributed by atoms with Crippen molar-refractivity contribution >= 4 is 11.8 Å². The van der Waals surface area contributed by atoms with Crippen LogP contribution in [0, 0.1) is 5.92 Å². The summed E-state index contributed by atoms with van der Waals surface area (Å²) in [4.78, 5) is 26.1. The first-order chi connectivity index (χ1) is 12.2. The minimum atomic E-state index is -0.284. The molecule has 0 saturated carbocycles. The number of hydrogen-bond donors (Lipinski definition) is 1. The average Bonchev–Trinajstić information content (AvgIpc) is 3.22. The van der Waals surface area contributed by atoms with E-state index >= 15 is 0 Å². The van der Waals surface area contributed by atoms with Crippen LogP contribution in [0.4, 0.5) is 0 Å². The first kappa shape index (κ1) is 17.5. The van der Waals surface area contributed by atoms with E-state index in [0.29, 0.717) is 38.6 Å². The summed E-state index contributed by atoms with van der Waals surface area (Å²) in [6, 6.07) is 5.60. The van der Waals surface area contributed by atoms with Gasteiger partial charge in [-0.2, -0.15) is 0 Å². The molecule has 1 atom stereocenters. The number of benzene rings is 1. The van der Waals surface area contributed by atoms with Crippen LogP contribution in [-0.4, -0.2) is 49.8 Å². The number of fused-ring (bicyclic) bond motifs is 1. The average molecular weight is 348 g/mol. The van der Waals surface area contributed by atoms with Crippen molar-refractivity contribution in [3.8, 4) is 11.5 Å². The van der Waals surface area contributed by atoms with Crippen molar-refractivity contribution in [2.45, 2.75) is 26.3 Å². The molecule has 0 spiro atoms. The zero-order valence-electron chi connectivity index (χ0n) is 14.5. The fourth-order valence-electron chi connectivity index (χ4n) is 3.05. The number of carbonyl (C=O) groups excluding carboxylic acids is 2. The lowest BCUT2D eigenvalue weighted by Gasteiger charge is -2.16. The summed E-state index contributed by atoms with van der Waals surface area (Å²) in [5.74, 6) is 1.09. The summed E-state index contributed by atoms with van der Waals surface area (Å²) < 4.78 is 15.9. The van der Waals surface area contributed by atoms with E-state index in [1.54, 1.807) is 4.90 Å². The van der Waals surface area contributed by atoms with Crippen LogP contribution < -0.4 is 14.8 Å². The molecule has 1 fully saturated rings. The van der Waals surface area contributed by atoms with Gasteiger partial charge in [0.25, 0.3) is 0 Å². The molecule has 2 heterocycles. The molecule has 1 aromatic carbocycles. The summed E-state index contributed by atoms with van der Waals surface area (Å²) in [6.45, 7) is 5.03. The Morgan fingerprint density at radius 1 is 1.36 bits per heavy atom. The van der Waals surface area contributed by atoms with Crippen LogP contribution in [0.25, 0.3) is 0 Å². The molecule has 0 radical (unpaired) electrons. The highest BCUT2D eigenvalue weighted by atomic mass is 16.7. The van der Waals surface area contributed by atoms with Crippen molar-refractivity contribution in [3.63, 3.8) is 0 Å². The molecule has 1 unspecified atom stereocenters. The quantitative estimate of drug-likeness (QED) is 0.717. The minimum Gasteiger partial charge on any atom is -0.454 e. The Kier molecular flexibility index (Phi) is 5.75. The van der Waals surface area contributed by atoms with E-state index in [2.05, 4.69) is 5.32 Å². The number of hydrogen-bond acceptors (Lipinski definition) is 5. The van der Waals surface area contributed by atoms with E-state index in [1.165, 1.54) is 0 Å². The fourth-order valence-corrected chi connectivity index (χ4v) is 3.05. The smallest absolute Gasteiger partial charge is 0.231 e. The van der Waals surface area contributed by atoms with Gasteiger partial charge in [0, 0.05) is 39.3 Å². The van der Waals surface area contributed by atoms with Crippen LogP contribution in [0.15, 0.2) is 18.2 Å². The molecule has 2 aliphatic heterocycles. The lowest BCUT2D eigenvalue weighted by Crippen LogP contribution is -2.33. The van der Waals surface area contributed by atoms with Gasteiger partial charge < -0.3 is 24.4 Å². The van der Waals surface area contributed by atoms with Crippen molar-refractivity contribution < 1.29 is 23.8 Å². The van der Waals surface area contributed by atoms with Crippen LogP contribution in [0.2, 0.25) is 0 Å². The molecule has 7 nitrogen and oxygen atoms in total. The van der Waals surface area contributed by atoms with E-state index in [4.69, 9.17) is 14.2 Å². The minimum absolute atomic E-state index is 0.0414. The zero-order chi connectivity index (χ0) is 17.6. The predicted molar refractivity (Wildman–Crippen MR) is 90.2 cm³/mol. The number of likely N-dealkylation sites (tertiary alicyclic amines) is 1. The van der Waals surface area contributed by atoms with Crippen LogP contribution in [-0.2, 0) is 20.9 Å². The van der Waals surface area contributed by atoms with E-state index in [9.17, 15) is 9.59 Å². The van der Waals surface area contributed by atoms with Gasteiger partial charge in [-0.15, -0.1) is 0 Å². The predicted octanol–water partition coefficient (Wildman–Crippen LogP) is 1.31. The number of nitrogens with one attached hydrogen (secondary N) is 1. The number of amides is 2. The summed E-state index contributed by atoms with van der Waals surface area (Å²) in [5, 5.41) is 2.91. The topological polar surface area (TPSA) is 77.1 Å². The molecule has 2 amide bonds. The SMILES string of the molecule is CCOCCCN1CC(C(=O)NCc2ccc3c(c2)OCO3)CC1=O. The Labute approximate surface area is 147 Å². The maximum atomic E-state index is 12.3. The molecule has 0 bridgehead atoms. The van der Waals surface area contributed by atoms with Gasteiger partial charge in [0.15, 0.2) is 11.5 Å². The number of nitrogens with zero attached hydrogens (tertiary/aromatic N) is 1. The Morgan fingerprint density at radius 3 is 3.04 bits per heavy atom. The molecule has 25 heavy (non-hydrogen) atoms. The van der Waals surface area contributed by atoms with E-state index in [0.717, 1.165) is 17.7 Å². The van der Waals surface area contributed by atoms with Crippen molar-refractivity contribution in [2.75, 3.05) is 33.1 Å². The van der Waals surface area contributed by atoms with Crippen molar-refractivity contribution in [3.05, 3.63) is 23.8 Å². The van der Waals surface area contributed by atoms with Gasteiger partial charge in [-0.3, -0.25) is 9.59 Å². The molecule has 1 N–H and O–H groups in total. The first-order valence-corrected chi connectivity index (χ1v) is 8.69. The molecule has 3 rings (SSSR count). The zero-order valence-corrected chi connectivity index (χ0v) is 14.5. The van der Waals surface area contributed by atoms with Crippen LogP contribution in [0.1, 0.15) is 25.3 Å². The third-order valence-corrected chi connectivity index (χ3v) is 4.41. The number of ether oxygens (including phenoxy) is 3. The molecule has 2 aliphatic rings. The van der Waals surface area contributed by atoms with Gasteiger partial charge in [0.05, 0.1) is 5.92 Å². The van der Waals surface area contributed by atoms with Crippen LogP contribution >= 0.6 is 0 Å². The molecular weight excluding hydrogens is 324 g/mol. The Morgan fingerprint density at radius 2 is 2.20 bits per heavy atom. The number of carbonyl (C=O) groups is 2. The molecular formula is C18H24N2O5. The molecule has 1 saturated heterocycles. The molecule has 136 valence electrons. The van der Waals surface area contributed by atoms with Crippen molar-refractivity contribution in [1.29, 1.82) is 0 Å². The standard InChI is InChI=1S/C18H24N2O5/c1-2-23-7-3-6-20-11-14(9-17(20)21)18(22)19-10-13-4-5-15-16(8-13)25-12-24-15/h4-5,8,14H,2-3,6-7,9-12H2,1H3,(H,19,22). The summed E-state index contributed by atoms with van der Waals surface area (Å²) in [7, 11) is 0. The highest BCUT2D eigenvalue weighted by molar-refractivity contribution is 5.89. The Balaban J connectivity index is 1.45. The van der Waals surface area contributed by atoms with Gasteiger partial charge >= 0.3 is 0 Å². The third-order valence-electron chi connectivity index (χ3n) is 4.41. The van der Waals surface area contributed by atoms with Gasteiger partial charge in [0.1, 0.15) is 0 Å². The third kappa shape index (κ3) is 4.42. The summed E-state index contributed by atoms with van der Waals surface area (Å²) in [6.07, 6.45) is 1.08. The molecule has 7 heteroatoms. The first-order valence-electron chi connectivity index (χ1n) is 8.69. The Bertz CT molecular complexity index is 634. The lowest BCUT2D eigenvalue weighted by molar-refractivity contribution is -0.129. The van der Waals surface area contributed by atoms with Gasteiger partial charge in [-0.05, 0) is 31.0 Å².